The van der Waals surface area contributed by atoms with Gasteiger partial charge in [0.1, 0.15) is 0 Å². The van der Waals surface area contributed by atoms with Gasteiger partial charge >= 0.3 is 0 Å². The van der Waals surface area contributed by atoms with E-state index in [0.29, 0.717) is 5.56 Å². The molecule has 1 aromatic heterocycles. The lowest BCUT2D eigenvalue weighted by atomic mass is 10.1. The highest BCUT2D eigenvalue weighted by Gasteiger charge is 2.25. The summed E-state index contributed by atoms with van der Waals surface area (Å²) in [5.74, 6) is 0.0823. The van der Waals surface area contributed by atoms with Gasteiger partial charge in [0, 0.05) is 31.1 Å². The third-order valence-electron chi connectivity index (χ3n) is 3.47. The van der Waals surface area contributed by atoms with Gasteiger partial charge in [-0.3, -0.25) is 9.89 Å². The molecule has 1 saturated heterocycles. The van der Waals surface area contributed by atoms with E-state index in [9.17, 15) is 4.79 Å². The summed E-state index contributed by atoms with van der Waals surface area (Å²) >= 11 is 0. The maximum absolute atomic E-state index is 12.6. The second-order valence-electron chi connectivity index (χ2n) is 4.69. The Morgan fingerprint density at radius 2 is 2.32 bits per heavy atom. The number of amides is 1. The molecule has 2 heterocycles. The summed E-state index contributed by atoms with van der Waals surface area (Å²) in [6.07, 6.45) is 1.74. The molecular formula is C13H17ClN4O. The largest absolute Gasteiger partial charge is 0.333 e. The Morgan fingerprint density at radius 3 is 3.11 bits per heavy atom. The Hall–Kier alpha value is -1.59. The van der Waals surface area contributed by atoms with Crippen LogP contribution >= 0.6 is 12.4 Å². The molecule has 1 aliphatic heterocycles. The second-order valence-corrected chi connectivity index (χ2v) is 4.69. The van der Waals surface area contributed by atoms with Crippen LogP contribution in [0.4, 0.5) is 0 Å². The predicted molar refractivity (Wildman–Crippen MR) is 76.7 cm³/mol. The number of hydrogen-bond donors (Lipinski definition) is 2. The van der Waals surface area contributed by atoms with Gasteiger partial charge in [0.05, 0.1) is 17.3 Å². The monoisotopic (exact) mass is 280 g/mol. The summed E-state index contributed by atoms with van der Waals surface area (Å²) in [4.78, 5) is 14.5. The number of carbonyl (C=O) groups is 1. The first-order valence-corrected chi connectivity index (χ1v) is 6.21. The van der Waals surface area contributed by atoms with E-state index in [2.05, 4.69) is 22.4 Å². The van der Waals surface area contributed by atoms with E-state index in [1.54, 1.807) is 6.20 Å². The number of aromatic amines is 1. The summed E-state index contributed by atoms with van der Waals surface area (Å²) in [5, 5.41) is 11.2. The number of aromatic nitrogens is 2. The van der Waals surface area contributed by atoms with E-state index in [1.165, 1.54) is 0 Å². The molecule has 3 rings (SSSR count). The van der Waals surface area contributed by atoms with Gasteiger partial charge < -0.3 is 10.2 Å². The van der Waals surface area contributed by atoms with Crippen molar-refractivity contribution in [2.75, 3.05) is 19.6 Å². The predicted octanol–water partition coefficient (Wildman–Crippen LogP) is 1.42. The lowest BCUT2D eigenvalue weighted by Gasteiger charge is -2.34. The minimum Gasteiger partial charge on any atom is -0.333 e. The van der Waals surface area contributed by atoms with Crippen LogP contribution in [-0.2, 0) is 0 Å². The SMILES string of the molecule is C[C@@H]1CNCCN1C(=O)c1cccc2cn[nH]c12.Cl. The molecule has 2 aromatic rings. The Bertz CT molecular complexity index is 583. The van der Waals surface area contributed by atoms with E-state index in [1.807, 2.05) is 23.1 Å². The van der Waals surface area contributed by atoms with Crippen molar-refractivity contribution in [3.05, 3.63) is 30.0 Å². The molecule has 0 aliphatic carbocycles. The molecule has 1 amide bonds. The Kier molecular flexibility index (Phi) is 4.07. The zero-order chi connectivity index (χ0) is 12.5. The first-order valence-electron chi connectivity index (χ1n) is 6.21. The van der Waals surface area contributed by atoms with Gasteiger partial charge in [-0.2, -0.15) is 5.10 Å². The number of piperazine rings is 1. The van der Waals surface area contributed by atoms with Crippen molar-refractivity contribution in [3.8, 4) is 0 Å². The third kappa shape index (κ3) is 2.43. The fraction of sp³-hybridized carbons (Fsp3) is 0.385. The van der Waals surface area contributed by atoms with Crippen LogP contribution in [0.1, 0.15) is 17.3 Å². The molecule has 1 aromatic carbocycles. The van der Waals surface area contributed by atoms with Crippen molar-refractivity contribution in [2.24, 2.45) is 0 Å². The van der Waals surface area contributed by atoms with Crippen molar-refractivity contribution >= 4 is 29.2 Å². The fourth-order valence-electron chi connectivity index (χ4n) is 2.44. The molecule has 1 aliphatic rings. The quantitative estimate of drug-likeness (QED) is 0.830. The molecule has 19 heavy (non-hydrogen) atoms. The van der Waals surface area contributed by atoms with Gasteiger partial charge in [0.25, 0.3) is 5.91 Å². The number of H-pyrrole nitrogens is 1. The third-order valence-corrected chi connectivity index (χ3v) is 3.47. The van der Waals surface area contributed by atoms with Crippen LogP contribution in [-0.4, -0.2) is 46.7 Å². The molecule has 2 N–H and O–H groups in total. The van der Waals surface area contributed by atoms with Crippen molar-refractivity contribution < 1.29 is 4.79 Å². The van der Waals surface area contributed by atoms with Gasteiger partial charge in [-0.15, -0.1) is 12.4 Å². The molecule has 0 unspecified atom stereocenters. The van der Waals surface area contributed by atoms with Crippen molar-refractivity contribution in [1.82, 2.24) is 20.4 Å². The van der Waals surface area contributed by atoms with E-state index in [0.717, 1.165) is 30.5 Å². The van der Waals surface area contributed by atoms with Crippen LogP contribution < -0.4 is 5.32 Å². The number of nitrogens with one attached hydrogen (secondary N) is 2. The molecule has 0 bridgehead atoms. The first-order chi connectivity index (χ1) is 8.77. The van der Waals surface area contributed by atoms with Crippen LogP contribution in [0.5, 0.6) is 0 Å². The molecule has 1 fully saturated rings. The van der Waals surface area contributed by atoms with Crippen LogP contribution in [0.3, 0.4) is 0 Å². The topological polar surface area (TPSA) is 61.0 Å². The van der Waals surface area contributed by atoms with E-state index >= 15 is 0 Å². The Labute approximate surface area is 117 Å². The average Bonchev–Trinajstić information content (AvgIpc) is 2.86. The second kappa shape index (κ2) is 5.59. The highest BCUT2D eigenvalue weighted by molar-refractivity contribution is 6.05. The zero-order valence-electron chi connectivity index (χ0n) is 10.7. The Morgan fingerprint density at radius 1 is 1.47 bits per heavy atom. The summed E-state index contributed by atoms with van der Waals surface area (Å²) < 4.78 is 0. The Balaban J connectivity index is 0.00000133. The normalized spacial score (nSPS) is 19.2. The van der Waals surface area contributed by atoms with Crippen molar-refractivity contribution in [3.63, 3.8) is 0 Å². The van der Waals surface area contributed by atoms with E-state index in [-0.39, 0.29) is 24.4 Å². The van der Waals surface area contributed by atoms with Gasteiger partial charge in [-0.1, -0.05) is 12.1 Å². The highest BCUT2D eigenvalue weighted by Crippen LogP contribution is 2.18. The molecule has 0 saturated carbocycles. The maximum Gasteiger partial charge on any atom is 0.256 e. The van der Waals surface area contributed by atoms with Crippen LogP contribution in [0, 0.1) is 0 Å². The molecule has 5 nitrogen and oxygen atoms in total. The number of benzene rings is 1. The number of halogens is 1. The average molecular weight is 281 g/mol. The summed E-state index contributed by atoms with van der Waals surface area (Å²) in [5.41, 5.74) is 1.53. The van der Waals surface area contributed by atoms with Gasteiger partial charge in [0.15, 0.2) is 0 Å². The molecular weight excluding hydrogens is 264 g/mol. The van der Waals surface area contributed by atoms with Crippen molar-refractivity contribution in [1.29, 1.82) is 0 Å². The zero-order valence-corrected chi connectivity index (χ0v) is 11.5. The number of nitrogens with zero attached hydrogens (tertiary/aromatic N) is 2. The van der Waals surface area contributed by atoms with E-state index in [4.69, 9.17) is 0 Å². The molecule has 0 spiro atoms. The summed E-state index contributed by atoms with van der Waals surface area (Å²) in [6.45, 7) is 4.53. The number of carbonyl (C=O) groups excluding carboxylic acids is 1. The smallest absolute Gasteiger partial charge is 0.256 e. The summed E-state index contributed by atoms with van der Waals surface area (Å²) in [7, 11) is 0. The van der Waals surface area contributed by atoms with E-state index < -0.39 is 0 Å². The molecule has 102 valence electrons. The van der Waals surface area contributed by atoms with Gasteiger partial charge in [-0.05, 0) is 13.0 Å². The molecule has 6 heteroatoms. The molecule has 1 atom stereocenters. The first kappa shape index (κ1) is 13.8. The van der Waals surface area contributed by atoms with Gasteiger partial charge in [0.2, 0.25) is 0 Å². The molecule has 0 radical (unpaired) electrons. The lowest BCUT2D eigenvalue weighted by Crippen LogP contribution is -2.52. The summed E-state index contributed by atoms with van der Waals surface area (Å²) in [6, 6.07) is 5.94. The number of rotatable bonds is 1. The highest BCUT2D eigenvalue weighted by atomic mass is 35.5. The van der Waals surface area contributed by atoms with Gasteiger partial charge in [-0.25, -0.2) is 0 Å². The number of para-hydroxylation sites is 1. The maximum atomic E-state index is 12.6. The number of fused-ring (bicyclic) bond motifs is 1. The number of hydrogen-bond acceptors (Lipinski definition) is 3. The van der Waals surface area contributed by atoms with Crippen LogP contribution in [0.25, 0.3) is 10.9 Å². The minimum atomic E-state index is 0. The standard InChI is InChI=1S/C13H16N4O.ClH/c1-9-7-14-5-6-17(9)13(18)11-4-2-3-10-8-15-16-12(10)11;/h2-4,8-9,14H,5-7H2,1H3,(H,15,16);1H/t9-;/m1./s1. The minimum absolute atomic E-state index is 0. The fourth-order valence-corrected chi connectivity index (χ4v) is 2.44. The van der Waals surface area contributed by atoms with Crippen LogP contribution in [0.2, 0.25) is 0 Å². The van der Waals surface area contributed by atoms with Crippen molar-refractivity contribution in [2.45, 2.75) is 13.0 Å². The lowest BCUT2D eigenvalue weighted by molar-refractivity contribution is 0.0657. The van der Waals surface area contributed by atoms with Crippen LogP contribution in [0.15, 0.2) is 24.4 Å².